The van der Waals surface area contributed by atoms with Crippen LogP contribution in [0.3, 0.4) is 0 Å². The molecule has 10 N–H and O–H groups in total. The summed E-state index contributed by atoms with van der Waals surface area (Å²) in [6, 6.07) is -2.19. The molecule has 2 aliphatic heterocycles. The third-order valence-electron chi connectivity index (χ3n) is 8.77. The number of aromatic nitrogens is 8. The number of carbonyl (C=O) groups is 3. The SMILES string of the molecule is CC(=O)C(CCCCNC(=O)Nc1ncnc2c1ncn2C1OC(CO)C(O)C1O)NC(=O)Nc1ncnc2c1ncn2C1OC(CO)C(O)C1O. The molecule has 6 rings (SSSR count). The van der Waals surface area contributed by atoms with Crippen LogP contribution in [0.4, 0.5) is 21.2 Å². The first-order chi connectivity index (χ1) is 25.0. The number of ketones is 1. The summed E-state index contributed by atoms with van der Waals surface area (Å²) >= 11 is 0. The third kappa shape index (κ3) is 7.33. The van der Waals surface area contributed by atoms with Crippen LogP contribution in [0.5, 0.6) is 0 Å². The number of unbranched alkanes of at least 4 members (excludes halogenated alkanes) is 1. The second-order valence-electron chi connectivity index (χ2n) is 12.2. The third-order valence-corrected chi connectivity index (χ3v) is 8.77. The molecule has 280 valence electrons. The number of hydrogen-bond acceptors (Lipinski definition) is 17. The van der Waals surface area contributed by atoms with Gasteiger partial charge in [0.2, 0.25) is 0 Å². The van der Waals surface area contributed by atoms with Crippen LogP contribution in [0, 0.1) is 0 Å². The van der Waals surface area contributed by atoms with E-state index in [1.54, 1.807) is 0 Å². The van der Waals surface area contributed by atoms with Crippen molar-refractivity contribution in [3.05, 3.63) is 25.3 Å². The maximum absolute atomic E-state index is 12.9. The molecule has 6 heterocycles. The Morgan fingerprint density at radius 3 is 1.69 bits per heavy atom. The van der Waals surface area contributed by atoms with E-state index in [1.807, 2.05) is 0 Å². The Bertz CT molecular complexity index is 1910. The summed E-state index contributed by atoms with van der Waals surface area (Å²) in [6.07, 6.45) is -3.49. The molecule has 2 fully saturated rings. The number of aliphatic hydroxyl groups excluding tert-OH is 6. The fourth-order valence-corrected chi connectivity index (χ4v) is 5.98. The summed E-state index contributed by atoms with van der Waals surface area (Å²) < 4.78 is 13.8. The molecular weight excluding hydrogens is 692 g/mol. The average Bonchev–Trinajstić information content (AvgIpc) is 3.89. The van der Waals surface area contributed by atoms with E-state index in [0.29, 0.717) is 12.8 Å². The molecule has 2 aliphatic rings. The number of Topliss-reactive ketones (excluding diaryl/α,β-unsaturated/α-hetero) is 1. The minimum atomic E-state index is -1.38. The molecule has 2 saturated heterocycles. The lowest BCUT2D eigenvalue weighted by molar-refractivity contribution is -0.118. The molecule has 0 spiro atoms. The van der Waals surface area contributed by atoms with Crippen LogP contribution in [0.25, 0.3) is 22.3 Å². The lowest BCUT2D eigenvalue weighted by Gasteiger charge is -2.17. The summed E-state index contributed by atoms with van der Waals surface area (Å²) in [4.78, 5) is 62.7. The molecular formula is C29H38N12O11. The van der Waals surface area contributed by atoms with Crippen molar-refractivity contribution in [3.63, 3.8) is 0 Å². The van der Waals surface area contributed by atoms with Crippen molar-refractivity contribution < 1.29 is 54.5 Å². The zero-order chi connectivity index (χ0) is 37.1. The van der Waals surface area contributed by atoms with Crippen LogP contribution in [0.2, 0.25) is 0 Å². The van der Waals surface area contributed by atoms with Gasteiger partial charge < -0.3 is 50.7 Å². The Morgan fingerprint density at radius 2 is 1.23 bits per heavy atom. The Hall–Kier alpha value is -5.01. The monoisotopic (exact) mass is 730 g/mol. The standard InChI is InChI=1S/C29H38N12O11/c1-12(44)13(37-29(50)39-23-17-25(34-9-32-23)41(11-36-17)27-21(48)19(46)15(7-43)52-27)4-2-3-5-30-28(49)38-22-16-24(33-8-31-22)40(10-35-16)26-20(47)18(45)14(6-42)51-26/h8-11,13-15,18-21,26-27,42-43,45-48H,2-7H2,1H3,(H2,30,31,33,38,49)(H2,32,34,37,39,50). The lowest BCUT2D eigenvalue weighted by Crippen LogP contribution is -2.42. The average molecular weight is 731 g/mol. The number of anilines is 2. The minimum Gasteiger partial charge on any atom is -0.394 e. The molecule has 0 radical (unpaired) electrons. The second kappa shape index (κ2) is 15.7. The maximum atomic E-state index is 12.9. The normalized spacial score (nSPS) is 26.4. The smallest absolute Gasteiger partial charge is 0.321 e. The van der Waals surface area contributed by atoms with Crippen LogP contribution < -0.4 is 21.3 Å². The van der Waals surface area contributed by atoms with Gasteiger partial charge in [-0.05, 0) is 26.2 Å². The number of aliphatic hydroxyl groups is 6. The van der Waals surface area contributed by atoms with E-state index in [2.05, 4.69) is 51.2 Å². The van der Waals surface area contributed by atoms with Gasteiger partial charge in [0, 0.05) is 6.54 Å². The zero-order valence-corrected chi connectivity index (χ0v) is 27.6. The molecule has 4 aromatic rings. The van der Waals surface area contributed by atoms with Crippen molar-refractivity contribution in [2.75, 3.05) is 30.4 Å². The van der Waals surface area contributed by atoms with Gasteiger partial charge in [-0.3, -0.25) is 24.6 Å². The number of carbonyl (C=O) groups excluding carboxylic acids is 3. The summed E-state index contributed by atoms with van der Waals surface area (Å²) in [5, 5.41) is 70.2. The number of hydrogen-bond donors (Lipinski definition) is 10. The van der Waals surface area contributed by atoms with Crippen molar-refractivity contribution in [2.24, 2.45) is 0 Å². The van der Waals surface area contributed by atoms with Crippen LogP contribution >= 0.6 is 0 Å². The van der Waals surface area contributed by atoms with Crippen molar-refractivity contribution in [2.45, 2.75) is 81.3 Å². The Kier molecular flexibility index (Phi) is 11.1. The first-order valence-electron chi connectivity index (χ1n) is 16.2. The number of nitrogens with zero attached hydrogens (tertiary/aromatic N) is 8. The molecule has 4 amide bonds. The largest absolute Gasteiger partial charge is 0.394 e. The highest BCUT2D eigenvalue weighted by molar-refractivity contribution is 5.98. The first-order valence-corrected chi connectivity index (χ1v) is 16.2. The van der Waals surface area contributed by atoms with Gasteiger partial charge in [-0.2, -0.15) is 0 Å². The number of nitrogens with one attached hydrogen (secondary N) is 4. The molecule has 0 aliphatic carbocycles. The van der Waals surface area contributed by atoms with E-state index in [4.69, 9.17) is 9.47 Å². The van der Waals surface area contributed by atoms with Crippen molar-refractivity contribution in [1.29, 1.82) is 0 Å². The zero-order valence-electron chi connectivity index (χ0n) is 27.6. The Labute approximate surface area is 293 Å². The molecule has 23 heteroatoms. The molecule has 52 heavy (non-hydrogen) atoms. The van der Waals surface area contributed by atoms with Gasteiger partial charge in [0.1, 0.15) is 49.3 Å². The molecule has 23 nitrogen and oxygen atoms in total. The van der Waals surface area contributed by atoms with Gasteiger partial charge in [0.25, 0.3) is 0 Å². The van der Waals surface area contributed by atoms with Crippen molar-refractivity contribution >= 4 is 51.8 Å². The number of imidazole rings is 2. The number of urea groups is 2. The highest BCUT2D eigenvalue weighted by Gasteiger charge is 2.45. The highest BCUT2D eigenvalue weighted by atomic mass is 16.6. The molecule has 9 unspecified atom stereocenters. The van der Waals surface area contributed by atoms with E-state index in [9.17, 15) is 45.0 Å². The minimum absolute atomic E-state index is 0.0110. The van der Waals surface area contributed by atoms with Crippen LogP contribution in [0.1, 0.15) is 38.6 Å². The van der Waals surface area contributed by atoms with Gasteiger partial charge >= 0.3 is 12.1 Å². The lowest BCUT2D eigenvalue weighted by atomic mass is 10.1. The van der Waals surface area contributed by atoms with E-state index in [0.717, 1.165) is 6.33 Å². The summed E-state index contributed by atoms with van der Waals surface area (Å²) in [7, 11) is 0. The van der Waals surface area contributed by atoms with Crippen molar-refractivity contribution in [1.82, 2.24) is 49.7 Å². The molecule has 0 aromatic carbocycles. The summed E-state index contributed by atoms with van der Waals surface area (Å²) in [6.45, 7) is 0.530. The second-order valence-corrected chi connectivity index (χ2v) is 12.2. The summed E-state index contributed by atoms with van der Waals surface area (Å²) in [5.74, 6) is -0.213. The van der Waals surface area contributed by atoms with Gasteiger partial charge in [-0.25, -0.2) is 39.5 Å². The highest BCUT2D eigenvalue weighted by Crippen LogP contribution is 2.33. The van der Waals surface area contributed by atoms with Crippen molar-refractivity contribution in [3.8, 4) is 0 Å². The fraction of sp³-hybridized carbons (Fsp3) is 0.552. The number of fused-ring (bicyclic) bond motifs is 2. The van der Waals surface area contributed by atoms with Gasteiger partial charge in [0.05, 0.1) is 31.9 Å². The number of ether oxygens (including phenoxy) is 2. The van der Waals surface area contributed by atoms with E-state index < -0.39 is 80.4 Å². The van der Waals surface area contributed by atoms with Crippen LogP contribution in [0.15, 0.2) is 25.3 Å². The summed E-state index contributed by atoms with van der Waals surface area (Å²) in [5.41, 5.74) is 0.724. The van der Waals surface area contributed by atoms with E-state index >= 15 is 0 Å². The quantitative estimate of drug-likeness (QED) is 0.0624. The molecule has 9 atom stereocenters. The predicted octanol–water partition coefficient (Wildman–Crippen LogP) is -2.74. The molecule has 0 saturated carbocycles. The Balaban J connectivity index is 0.977. The van der Waals surface area contributed by atoms with Gasteiger partial charge in [0.15, 0.2) is 52.2 Å². The topological polar surface area (TPSA) is 326 Å². The number of rotatable bonds is 13. The van der Waals surface area contributed by atoms with Crippen LogP contribution in [-0.4, -0.2) is 150 Å². The maximum Gasteiger partial charge on any atom is 0.321 e. The molecule has 4 aromatic heterocycles. The molecule has 0 bridgehead atoms. The van der Waals surface area contributed by atoms with E-state index in [1.165, 1.54) is 35.0 Å². The number of amides is 4. The predicted molar refractivity (Wildman–Crippen MR) is 174 cm³/mol. The Morgan fingerprint density at radius 1 is 0.731 bits per heavy atom. The van der Waals surface area contributed by atoms with E-state index in [-0.39, 0.29) is 52.7 Å². The first kappa shape index (κ1) is 36.8. The fourth-order valence-electron chi connectivity index (χ4n) is 5.98. The van der Waals surface area contributed by atoms with Crippen LogP contribution in [-0.2, 0) is 14.3 Å². The van der Waals surface area contributed by atoms with Gasteiger partial charge in [-0.15, -0.1) is 0 Å². The van der Waals surface area contributed by atoms with Gasteiger partial charge in [-0.1, -0.05) is 0 Å².